The van der Waals surface area contributed by atoms with Crippen LogP contribution in [0, 0.1) is 5.21 Å². The van der Waals surface area contributed by atoms with E-state index in [0.717, 1.165) is 18.2 Å². The molecule has 0 aliphatic carbocycles. The van der Waals surface area contributed by atoms with Gasteiger partial charge in [0, 0.05) is 17.8 Å². The van der Waals surface area contributed by atoms with Crippen LogP contribution in [0.5, 0.6) is 0 Å². The van der Waals surface area contributed by atoms with Crippen molar-refractivity contribution in [1.82, 2.24) is 0 Å². The molecular weight excluding hydrogens is 197 g/mol. The molecule has 14 heavy (non-hydrogen) atoms. The zero-order chi connectivity index (χ0) is 10.9. The van der Waals surface area contributed by atoms with Crippen LogP contribution in [-0.4, -0.2) is 7.05 Å². The summed E-state index contributed by atoms with van der Waals surface area (Å²) < 4.78 is 36.6. The molecule has 1 atom stereocenters. The van der Waals surface area contributed by atoms with Crippen LogP contribution in [0.1, 0.15) is 5.56 Å². The first-order valence-corrected chi connectivity index (χ1v) is 3.80. The third-order valence-electron chi connectivity index (χ3n) is 1.76. The van der Waals surface area contributed by atoms with Crippen LogP contribution >= 0.6 is 0 Å². The topological polar surface area (TPSA) is 53.5 Å². The Bertz CT molecular complexity index is 336. The molecule has 6 heteroatoms. The van der Waals surface area contributed by atoms with Crippen LogP contribution in [0.15, 0.2) is 18.2 Å². The van der Waals surface area contributed by atoms with E-state index in [2.05, 4.69) is 0 Å². The Kier molecular flexibility index (Phi) is 2.68. The number of rotatable bonds is 1. The molecule has 0 radical (unpaired) electrons. The quantitative estimate of drug-likeness (QED) is 0.530. The highest BCUT2D eigenvalue weighted by atomic mass is 19.4. The summed E-state index contributed by atoms with van der Waals surface area (Å²) in [6.45, 7) is 0. The van der Waals surface area contributed by atoms with Gasteiger partial charge in [0.2, 0.25) is 0 Å². The average Bonchev–Trinajstić information content (AvgIpc) is 2.01. The van der Waals surface area contributed by atoms with E-state index in [4.69, 9.17) is 5.73 Å². The maximum absolute atomic E-state index is 12.2. The molecule has 78 valence electrons. The number of nitrogens with two attached hydrogens (primary N) is 1. The number of benzene rings is 1. The van der Waals surface area contributed by atoms with Gasteiger partial charge in [0.05, 0.1) is 12.6 Å². The van der Waals surface area contributed by atoms with Gasteiger partial charge in [-0.1, -0.05) is 0 Å². The molecule has 0 fully saturated rings. The summed E-state index contributed by atoms with van der Waals surface area (Å²) in [5.74, 6) is 0. The second kappa shape index (κ2) is 3.47. The zero-order valence-corrected chi connectivity index (χ0v) is 7.35. The lowest BCUT2D eigenvalue weighted by Gasteiger charge is -2.17. The van der Waals surface area contributed by atoms with E-state index in [1.807, 2.05) is 0 Å². The molecular formula is C8H9F3N2O. The van der Waals surface area contributed by atoms with Crippen molar-refractivity contribution in [2.24, 2.45) is 0 Å². The molecule has 0 saturated carbocycles. The van der Waals surface area contributed by atoms with Crippen molar-refractivity contribution < 1.29 is 18.2 Å². The molecule has 1 aromatic rings. The van der Waals surface area contributed by atoms with Crippen molar-refractivity contribution in [3.8, 4) is 0 Å². The van der Waals surface area contributed by atoms with Crippen LogP contribution in [0.25, 0.3) is 0 Å². The Balaban J connectivity index is 3.15. The van der Waals surface area contributed by atoms with Gasteiger partial charge in [-0.05, 0) is 6.07 Å². The number of nitrogen functional groups attached to an aromatic ring is 1. The van der Waals surface area contributed by atoms with Crippen LogP contribution in [0.3, 0.4) is 0 Å². The Morgan fingerprint density at radius 3 is 2.29 bits per heavy atom. The summed E-state index contributed by atoms with van der Waals surface area (Å²) in [5, 5.41) is 10.5. The predicted octanol–water partition coefficient (Wildman–Crippen LogP) is 0.932. The van der Waals surface area contributed by atoms with Gasteiger partial charge in [-0.2, -0.15) is 13.2 Å². The Hall–Kier alpha value is -1.27. The first-order chi connectivity index (χ1) is 6.32. The number of hydrogen-bond acceptors (Lipinski definition) is 2. The van der Waals surface area contributed by atoms with Crippen molar-refractivity contribution in [1.29, 1.82) is 0 Å². The fourth-order valence-electron chi connectivity index (χ4n) is 1.04. The summed E-state index contributed by atoms with van der Waals surface area (Å²) in [5.41, 5.74) is 4.01. The van der Waals surface area contributed by atoms with E-state index in [1.54, 1.807) is 0 Å². The first kappa shape index (κ1) is 10.8. The number of hydroxylamine groups is 1. The van der Waals surface area contributed by atoms with E-state index in [9.17, 15) is 18.4 Å². The zero-order valence-electron chi connectivity index (χ0n) is 7.35. The number of anilines is 1. The van der Waals surface area contributed by atoms with E-state index in [0.29, 0.717) is 0 Å². The first-order valence-electron chi connectivity index (χ1n) is 3.80. The fraction of sp³-hybridized carbons (Fsp3) is 0.250. The van der Waals surface area contributed by atoms with Crippen LogP contribution in [0.4, 0.5) is 24.5 Å². The summed E-state index contributed by atoms with van der Waals surface area (Å²) >= 11 is 0. The van der Waals surface area contributed by atoms with Crippen LogP contribution in [0.2, 0.25) is 0 Å². The van der Waals surface area contributed by atoms with Gasteiger partial charge in [0.25, 0.3) is 0 Å². The average molecular weight is 206 g/mol. The third-order valence-corrected chi connectivity index (χ3v) is 1.76. The largest absolute Gasteiger partial charge is 0.629 e. The molecule has 0 saturated heterocycles. The highest BCUT2D eigenvalue weighted by Gasteiger charge is 2.33. The van der Waals surface area contributed by atoms with Gasteiger partial charge in [0.15, 0.2) is 0 Å². The van der Waals surface area contributed by atoms with E-state index >= 15 is 0 Å². The second-order valence-electron chi connectivity index (χ2n) is 2.86. The standard InChI is InChI=1S/C8H9F3N2O/c1-13(14)5-2-3-6(7(12)4-5)8(9,10)11/h2-4,13H,12H2,1H3. The lowest BCUT2D eigenvalue weighted by Crippen LogP contribution is -2.98. The van der Waals surface area contributed by atoms with Gasteiger partial charge >= 0.3 is 6.18 Å². The lowest BCUT2D eigenvalue weighted by atomic mass is 10.1. The normalized spacial score (nSPS) is 14.1. The minimum Gasteiger partial charge on any atom is -0.629 e. The van der Waals surface area contributed by atoms with Gasteiger partial charge < -0.3 is 16.0 Å². The van der Waals surface area contributed by atoms with Gasteiger partial charge in [0.1, 0.15) is 5.69 Å². The molecule has 3 nitrogen and oxygen atoms in total. The number of nitrogens with one attached hydrogen (secondary N) is 1. The van der Waals surface area contributed by atoms with Gasteiger partial charge in [-0.25, -0.2) is 0 Å². The molecule has 1 rings (SSSR count). The van der Waals surface area contributed by atoms with E-state index in [1.165, 1.54) is 7.05 Å². The summed E-state index contributed by atoms with van der Waals surface area (Å²) in [7, 11) is 1.27. The number of hydrogen-bond donors (Lipinski definition) is 2. The van der Waals surface area contributed by atoms with Crippen LogP contribution in [-0.2, 0) is 6.18 Å². The molecule has 0 aliphatic rings. The van der Waals surface area contributed by atoms with Crippen LogP contribution < -0.4 is 10.8 Å². The highest BCUT2D eigenvalue weighted by Crippen LogP contribution is 2.33. The Labute approximate surface area is 78.5 Å². The highest BCUT2D eigenvalue weighted by molar-refractivity contribution is 5.54. The van der Waals surface area contributed by atoms with E-state index in [-0.39, 0.29) is 10.8 Å². The molecule has 0 bridgehead atoms. The van der Waals surface area contributed by atoms with Crippen molar-refractivity contribution in [3.63, 3.8) is 0 Å². The van der Waals surface area contributed by atoms with Crippen molar-refractivity contribution in [3.05, 3.63) is 29.0 Å². The molecule has 0 spiro atoms. The maximum Gasteiger partial charge on any atom is 0.418 e. The molecule has 0 heterocycles. The summed E-state index contributed by atoms with van der Waals surface area (Å²) in [4.78, 5) is 0. The van der Waals surface area contributed by atoms with Crippen molar-refractivity contribution in [2.75, 3.05) is 12.8 Å². The van der Waals surface area contributed by atoms with E-state index < -0.39 is 17.4 Å². The smallest absolute Gasteiger partial charge is 0.418 e. The monoisotopic (exact) mass is 206 g/mol. The number of halogens is 3. The van der Waals surface area contributed by atoms with Gasteiger partial charge in [-0.15, -0.1) is 0 Å². The molecule has 1 aromatic carbocycles. The summed E-state index contributed by atoms with van der Waals surface area (Å²) in [6, 6.07) is 2.96. The molecule has 3 N–H and O–H groups in total. The van der Waals surface area contributed by atoms with Crippen molar-refractivity contribution in [2.45, 2.75) is 6.18 Å². The molecule has 0 amide bonds. The molecule has 0 aromatic heterocycles. The Morgan fingerprint density at radius 1 is 1.36 bits per heavy atom. The molecule has 1 unspecified atom stereocenters. The minimum atomic E-state index is -4.47. The number of quaternary nitrogens is 1. The SMILES string of the molecule is C[NH+]([O-])c1ccc(C(F)(F)F)c(N)c1. The fourth-order valence-corrected chi connectivity index (χ4v) is 1.04. The minimum absolute atomic E-state index is 0.176. The Morgan fingerprint density at radius 2 is 1.93 bits per heavy atom. The van der Waals surface area contributed by atoms with Gasteiger partial charge in [-0.3, -0.25) is 0 Å². The predicted molar refractivity (Wildman–Crippen MR) is 45.8 cm³/mol. The maximum atomic E-state index is 12.2. The third kappa shape index (κ3) is 2.15. The number of alkyl halides is 3. The molecule has 0 aliphatic heterocycles. The summed E-state index contributed by atoms with van der Waals surface area (Å²) in [6.07, 6.45) is -4.47. The lowest BCUT2D eigenvalue weighted by molar-refractivity contribution is -0.751. The second-order valence-corrected chi connectivity index (χ2v) is 2.86. The van der Waals surface area contributed by atoms with Crippen molar-refractivity contribution >= 4 is 11.4 Å².